The maximum atomic E-state index is 3.38. The normalized spacial score (nSPS) is 19.9. The van der Waals surface area contributed by atoms with Gasteiger partial charge in [0.05, 0.1) is 0 Å². The van der Waals surface area contributed by atoms with Gasteiger partial charge in [0.25, 0.3) is 0 Å². The first-order valence-corrected chi connectivity index (χ1v) is 21.3. The van der Waals surface area contributed by atoms with E-state index in [1.807, 2.05) is 27.7 Å². The van der Waals surface area contributed by atoms with Crippen molar-refractivity contribution in [2.75, 3.05) is 0 Å². The van der Waals surface area contributed by atoms with E-state index in [0.717, 1.165) is 17.8 Å². The standard InChI is InChI=1S/C13H14.2C12H9N.C12H20.2C2H6/c1-10(2)12-9-5-7-11-6-3-4-8-13(11)12;2*1-3-7-11-9(5-1)10-6-2-4-8-12(10)13-11;1-12(2)7-8-6-11(12)10-5-3-4-9(8)10;2*1-2/h3-10H,1-2H3;2*1-8,13H;8-11H,3-7H2,1-2H3;2*1-2H3. The van der Waals surface area contributed by atoms with Gasteiger partial charge in [0.1, 0.15) is 0 Å². The molecule has 3 fully saturated rings. The zero-order chi connectivity index (χ0) is 39.0. The van der Waals surface area contributed by atoms with Gasteiger partial charge < -0.3 is 9.97 Å². The van der Waals surface area contributed by atoms with Crippen molar-refractivity contribution in [3.63, 3.8) is 0 Å². The quantitative estimate of drug-likeness (QED) is 0.169. The van der Waals surface area contributed by atoms with Crippen molar-refractivity contribution in [1.29, 1.82) is 0 Å². The molecule has 0 saturated heterocycles. The van der Waals surface area contributed by atoms with E-state index in [2.05, 4.69) is 177 Å². The summed E-state index contributed by atoms with van der Waals surface area (Å²) in [4.78, 5) is 6.76. The van der Waals surface area contributed by atoms with Gasteiger partial charge in [-0.15, -0.1) is 0 Å². The van der Waals surface area contributed by atoms with Gasteiger partial charge in [-0.1, -0.05) is 177 Å². The third kappa shape index (κ3) is 8.55. The highest BCUT2D eigenvalue weighted by Gasteiger charge is 2.56. The molecule has 3 aliphatic rings. The minimum atomic E-state index is 0.603. The Bertz CT molecular complexity index is 2190. The molecule has 11 rings (SSSR count). The van der Waals surface area contributed by atoms with Gasteiger partial charge in [-0.2, -0.15) is 0 Å². The highest BCUT2D eigenvalue weighted by atomic mass is 14.7. The first-order chi connectivity index (χ1) is 26.9. The van der Waals surface area contributed by atoms with Gasteiger partial charge in [-0.3, -0.25) is 0 Å². The Balaban J connectivity index is 0.000000121. The molecule has 2 bridgehead atoms. The summed E-state index contributed by atoms with van der Waals surface area (Å²) in [5, 5.41) is 7.95. The maximum Gasteiger partial charge on any atom is 0.0464 e. The topological polar surface area (TPSA) is 31.6 Å². The van der Waals surface area contributed by atoms with Crippen molar-refractivity contribution < 1.29 is 0 Å². The lowest BCUT2D eigenvalue weighted by atomic mass is 9.68. The van der Waals surface area contributed by atoms with Gasteiger partial charge >= 0.3 is 0 Å². The fraction of sp³-hybridized carbons (Fsp3) is 0.358. The van der Waals surface area contributed by atoms with Crippen LogP contribution < -0.4 is 0 Å². The van der Waals surface area contributed by atoms with E-state index in [1.165, 1.54) is 65.9 Å². The lowest BCUT2D eigenvalue weighted by Gasteiger charge is -2.37. The zero-order valence-corrected chi connectivity index (χ0v) is 34.7. The summed E-state index contributed by atoms with van der Waals surface area (Å²) in [6.45, 7) is 17.5. The van der Waals surface area contributed by atoms with Crippen LogP contribution in [0.2, 0.25) is 0 Å². The number of H-pyrrole nitrogens is 2. The average Bonchev–Trinajstić information content (AvgIpc) is 4.06. The lowest BCUT2D eigenvalue weighted by Crippen LogP contribution is -2.30. The van der Waals surface area contributed by atoms with E-state index < -0.39 is 0 Å². The Morgan fingerprint density at radius 1 is 0.491 bits per heavy atom. The SMILES string of the molecule is CC.CC.CC(C)c1cccc2ccccc12.CC1(C)CC2CC1C1CCCC21.c1ccc2c(c1)[nH]c1ccccc12.c1ccc2c(c1)[nH]c1ccccc12. The van der Waals surface area contributed by atoms with Crippen LogP contribution in [-0.4, -0.2) is 9.97 Å². The molecule has 2 N–H and O–H groups in total. The molecule has 2 nitrogen and oxygen atoms in total. The summed E-state index contributed by atoms with van der Waals surface area (Å²) in [7, 11) is 0. The van der Waals surface area contributed by atoms with E-state index in [0.29, 0.717) is 11.3 Å². The number of para-hydroxylation sites is 4. The van der Waals surface area contributed by atoms with Crippen LogP contribution in [0.3, 0.4) is 0 Å². The Morgan fingerprint density at radius 3 is 1.36 bits per heavy atom. The minimum Gasteiger partial charge on any atom is -0.355 e. The molecule has 2 aromatic heterocycles. The second-order valence-corrected chi connectivity index (χ2v) is 16.2. The van der Waals surface area contributed by atoms with Crippen molar-refractivity contribution in [2.45, 2.75) is 93.4 Å². The number of aromatic nitrogens is 2. The summed E-state index contributed by atoms with van der Waals surface area (Å²) < 4.78 is 0. The molecule has 3 aliphatic carbocycles. The minimum absolute atomic E-state index is 0.603. The molecule has 0 amide bonds. The fourth-order valence-corrected chi connectivity index (χ4v) is 10.1. The van der Waals surface area contributed by atoms with Crippen molar-refractivity contribution in [3.05, 3.63) is 145 Å². The van der Waals surface area contributed by atoms with Gasteiger partial charge in [-0.05, 0) is 101 Å². The van der Waals surface area contributed by atoms with Crippen molar-refractivity contribution >= 4 is 54.4 Å². The number of fused-ring (bicyclic) bond motifs is 12. The van der Waals surface area contributed by atoms with E-state index >= 15 is 0 Å². The van der Waals surface area contributed by atoms with Crippen LogP contribution in [0.1, 0.15) is 99.0 Å². The molecule has 0 spiro atoms. The molecular formula is C53H64N2. The largest absolute Gasteiger partial charge is 0.355 e. The second kappa shape index (κ2) is 18.2. The third-order valence-corrected chi connectivity index (χ3v) is 12.4. The van der Waals surface area contributed by atoms with Gasteiger partial charge in [0.15, 0.2) is 0 Å². The average molecular weight is 729 g/mol. The first kappa shape index (κ1) is 39.9. The number of aromatic amines is 2. The number of benzene rings is 6. The molecule has 8 aromatic rings. The van der Waals surface area contributed by atoms with Crippen LogP contribution in [0.4, 0.5) is 0 Å². The third-order valence-electron chi connectivity index (χ3n) is 12.4. The monoisotopic (exact) mass is 729 g/mol. The summed E-state index contributed by atoms with van der Waals surface area (Å²) in [5.74, 6) is 5.17. The van der Waals surface area contributed by atoms with Crippen LogP contribution in [0, 0.1) is 29.1 Å². The van der Waals surface area contributed by atoms with Gasteiger partial charge in [-0.25, -0.2) is 0 Å². The zero-order valence-electron chi connectivity index (χ0n) is 34.7. The molecule has 0 aliphatic heterocycles. The number of nitrogens with one attached hydrogen (secondary N) is 2. The van der Waals surface area contributed by atoms with E-state index in [1.54, 1.807) is 32.1 Å². The number of hydrogen-bond acceptors (Lipinski definition) is 0. The molecule has 4 atom stereocenters. The Hall–Kier alpha value is -4.82. The van der Waals surface area contributed by atoms with E-state index in [9.17, 15) is 0 Å². The molecule has 286 valence electrons. The van der Waals surface area contributed by atoms with Crippen molar-refractivity contribution in [1.82, 2.24) is 9.97 Å². The van der Waals surface area contributed by atoms with E-state index in [4.69, 9.17) is 0 Å². The summed E-state index contributed by atoms with van der Waals surface area (Å²) >= 11 is 0. The molecule has 55 heavy (non-hydrogen) atoms. The smallest absolute Gasteiger partial charge is 0.0464 e. The highest BCUT2D eigenvalue weighted by Crippen LogP contribution is 2.65. The van der Waals surface area contributed by atoms with Crippen molar-refractivity contribution in [3.8, 4) is 0 Å². The molecule has 4 unspecified atom stereocenters. The molecule has 6 aromatic carbocycles. The van der Waals surface area contributed by atoms with Crippen LogP contribution in [0.25, 0.3) is 54.4 Å². The molecule has 2 heteroatoms. The predicted octanol–water partition coefficient (Wildman–Crippen LogP) is 16.1. The van der Waals surface area contributed by atoms with Crippen LogP contribution >= 0.6 is 0 Å². The molecule has 0 radical (unpaired) electrons. The van der Waals surface area contributed by atoms with E-state index in [-0.39, 0.29) is 0 Å². The predicted molar refractivity (Wildman–Crippen MR) is 243 cm³/mol. The molecular weight excluding hydrogens is 665 g/mol. The highest BCUT2D eigenvalue weighted by molar-refractivity contribution is 6.07. The Labute approximate surface area is 330 Å². The second-order valence-electron chi connectivity index (χ2n) is 16.2. The summed E-state index contributed by atoms with van der Waals surface area (Å²) in [6, 6.07) is 48.6. The fourth-order valence-electron chi connectivity index (χ4n) is 10.1. The number of rotatable bonds is 1. The first-order valence-electron chi connectivity index (χ1n) is 21.3. The van der Waals surface area contributed by atoms with Crippen molar-refractivity contribution in [2.24, 2.45) is 29.1 Å². The maximum absolute atomic E-state index is 3.38. The summed E-state index contributed by atoms with van der Waals surface area (Å²) in [5.41, 5.74) is 6.99. The lowest BCUT2D eigenvalue weighted by molar-refractivity contribution is 0.118. The van der Waals surface area contributed by atoms with Crippen LogP contribution in [-0.2, 0) is 0 Å². The van der Waals surface area contributed by atoms with Gasteiger partial charge in [0, 0.05) is 43.6 Å². The van der Waals surface area contributed by atoms with Crippen LogP contribution in [0.15, 0.2) is 140 Å². The Morgan fingerprint density at radius 2 is 0.891 bits per heavy atom. The molecule has 3 saturated carbocycles. The van der Waals surface area contributed by atoms with Crippen LogP contribution in [0.5, 0.6) is 0 Å². The van der Waals surface area contributed by atoms with Gasteiger partial charge in [0.2, 0.25) is 0 Å². The Kier molecular flexibility index (Phi) is 13.2. The number of hydrogen-bond donors (Lipinski definition) is 2. The molecule has 2 heterocycles. The summed E-state index contributed by atoms with van der Waals surface area (Å²) in [6.07, 6.45) is 7.80.